The van der Waals surface area contributed by atoms with Gasteiger partial charge in [-0.1, -0.05) is 12.7 Å². The third-order valence-corrected chi connectivity index (χ3v) is 5.60. The van der Waals surface area contributed by atoms with Crippen LogP contribution in [0.2, 0.25) is 0 Å². The Kier molecular flexibility index (Phi) is 10.6. The van der Waals surface area contributed by atoms with Gasteiger partial charge in [-0.05, 0) is 43.1 Å². The van der Waals surface area contributed by atoms with Gasteiger partial charge in [-0.3, -0.25) is 14.4 Å². The van der Waals surface area contributed by atoms with Crippen molar-refractivity contribution in [3.63, 3.8) is 0 Å². The number of carbonyl (C=O) groups is 5. The second-order valence-corrected chi connectivity index (χ2v) is 8.55. The second kappa shape index (κ2) is 13.4. The number of esters is 5. The maximum Gasteiger partial charge on any atom is 0.334 e. The highest BCUT2D eigenvalue weighted by atomic mass is 16.6. The third kappa shape index (κ3) is 8.83. The second-order valence-electron chi connectivity index (χ2n) is 8.55. The fourth-order valence-electron chi connectivity index (χ4n) is 3.77. The number of hydrogen-bond donors (Lipinski definition) is 0. The van der Waals surface area contributed by atoms with Gasteiger partial charge in [0.1, 0.15) is 32.0 Å². The zero-order chi connectivity index (χ0) is 26.8. The minimum atomic E-state index is -0.885. The van der Waals surface area contributed by atoms with E-state index in [0.717, 1.165) is 5.57 Å². The molecule has 0 aromatic heterocycles. The Labute approximate surface area is 209 Å². The lowest BCUT2D eigenvalue weighted by Gasteiger charge is -2.28. The molecule has 3 atom stereocenters. The van der Waals surface area contributed by atoms with Crippen LogP contribution in [0.1, 0.15) is 47.0 Å². The minimum absolute atomic E-state index is 0.0121. The van der Waals surface area contributed by atoms with Crippen LogP contribution in [0.4, 0.5) is 0 Å². The molecular formula is C26H32O10. The summed E-state index contributed by atoms with van der Waals surface area (Å²) in [6.45, 7) is 9.11. The average Bonchev–Trinajstić information content (AvgIpc) is 3.07. The van der Waals surface area contributed by atoms with Crippen LogP contribution in [-0.4, -0.2) is 61.9 Å². The topological polar surface area (TPSA) is 132 Å². The number of fused-ring (bicyclic) bond motifs is 1. The molecule has 0 spiro atoms. The van der Waals surface area contributed by atoms with E-state index in [0.29, 0.717) is 18.4 Å². The standard InChI is InChI=1S/C26H32O10/c1-15(9-10-32-17(3)27)25(30)35-22-11-20(13-33-18(4)28)7-6-8-21(14-34-19(5)29)12-23-24(22)16(2)26(31)36-23/h7,9,12,22-24H,2,6,8,10-11,13-14H2,1,3-5H3/b15-9+,20-7-,21-12-/t22-,23-,24-/m1/s1. The lowest BCUT2D eigenvalue weighted by atomic mass is 9.85. The van der Waals surface area contributed by atoms with Gasteiger partial charge in [0.15, 0.2) is 0 Å². The van der Waals surface area contributed by atoms with Crippen molar-refractivity contribution in [1.82, 2.24) is 0 Å². The molecule has 0 amide bonds. The van der Waals surface area contributed by atoms with Gasteiger partial charge in [-0.2, -0.15) is 0 Å². The average molecular weight is 505 g/mol. The highest BCUT2D eigenvalue weighted by Gasteiger charge is 2.45. The van der Waals surface area contributed by atoms with Gasteiger partial charge in [0, 0.05) is 38.3 Å². The SMILES string of the molecule is C=C1C(=O)O[C@@H]2/C=C(\COC(C)=O)CC/C=C(\COC(C)=O)C[C@@H](OC(=O)/C(C)=C/COC(C)=O)[C@@H]12. The van der Waals surface area contributed by atoms with Gasteiger partial charge in [0.25, 0.3) is 0 Å². The normalized spacial score (nSPS) is 25.2. The smallest absolute Gasteiger partial charge is 0.334 e. The first kappa shape index (κ1) is 28.5. The summed E-state index contributed by atoms with van der Waals surface area (Å²) in [5.41, 5.74) is 1.74. The molecule has 36 heavy (non-hydrogen) atoms. The molecule has 1 aliphatic carbocycles. The number of hydrogen-bond acceptors (Lipinski definition) is 10. The Bertz CT molecular complexity index is 1000. The Hall–Kier alpha value is -3.69. The van der Waals surface area contributed by atoms with Crippen molar-refractivity contribution in [2.24, 2.45) is 5.92 Å². The molecular weight excluding hydrogens is 472 g/mol. The summed E-state index contributed by atoms with van der Waals surface area (Å²) in [5, 5.41) is 0. The number of ether oxygens (including phenoxy) is 5. The molecule has 10 heteroatoms. The summed E-state index contributed by atoms with van der Waals surface area (Å²) < 4.78 is 26.5. The van der Waals surface area contributed by atoms with Crippen molar-refractivity contribution in [3.05, 3.63) is 47.1 Å². The Balaban J connectivity index is 2.40. The van der Waals surface area contributed by atoms with E-state index >= 15 is 0 Å². The summed E-state index contributed by atoms with van der Waals surface area (Å²) in [4.78, 5) is 59.1. The maximum atomic E-state index is 12.9. The summed E-state index contributed by atoms with van der Waals surface area (Å²) in [6.07, 6.45) is 4.51. The van der Waals surface area contributed by atoms with Gasteiger partial charge in [-0.25, -0.2) is 9.59 Å². The molecule has 1 heterocycles. The van der Waals surface area contributed by atoms with Crippen molar-refractivity contribution in [3.8, 4) is 0 Å². The van der Waals surface area contributed by atoms with Gasteiger partial charge < -0.3 is 23.7 Å². The maximum absolute atomic E-state index is 12.9. The Morgan fingerprint density at radius 2 is 1.61 bits per heavy atom. The van der Waals surface area contributed by atoms with Crippen LogP contribution in [0.3, 0.4) is 0 Å². The van der Waals surface area contributed by atoms with Crippen LogP contribution in [0.5, 0.6) is 0 Å². The quantitative estimate of drug-likeness (QED) is 0.210. The van der Waals surface area contributed by atoms with Crippen molar-refractivity contribution >= 4 is 29.8 Å². The Morgan fingerprint density at radius 1 is 1.00 bits per heavy atom. The van der Waals surface area contributed by atoms with E-state index in [1.807, 2.05) is 6.08 Å². The summed E-state index contributed by atoms with van der Waals surface area (Å²) >= 11 is 0. The number of rotatable bonds is 8. The van der Waals surface area contributed by atoms with Crippen molar-refractivity contribution in [2.75, 3.05) is 19.8 Å². The van der Waals surface area contributed by atoms with Crippen LogP contribution >= 0.6 is 0 Å². The first-order chi connectivity index (χ1) is 17.0. The monoisotopic (exact) mass is 504 g/mol. The predicted molar refractivity (Wildman–Crippen MR) is 126 cm³/mol. The van der Waals surface area contributed by atoms with E-state index in [2.05, 4.69) is 6.58 Å². The first-order valence-electron chi connectivity index (χ1n) is 11.5. The highest BCUT2D eigenvalue weighted by Crippen LogP contribution is 2.36. The molecule has 2 rings (SSSR count). The lowest BCUT2D eigenvalue weighted by molar-refractivity contribution is -0.148. The largest absolute Gasteiger partial charge is 0.462 e. The Morgan fingerprint density at radius 3 is 2.22 bits per heavy atom. The van der Waals surface area contributed by atoms with Crippen LogP contribution in [0.25, 0.3) is 0 Å². The fraction of sp³-hybridized carbons (Fsp3) is 0.500. The summed E-state index contributed by atoms with van der Waals surface area (Å²) in [7, 11) is 0. The lowest BCUT2D eigenvalue weighted by Crippen LogP contribution is -2.34. The molecule has 0 saturated carbocycles. The molecule has 0 N–H and O–H groups in total. The van der Waals surface area contributed by atoms with Gasteiger partial charge >= 0.3 is 29.8 Å². The van der Waals surface area contributed by atoms with Crippen molar-refractivity contribution in [1.29, 1.82) is 0 Å². The van der Waals surface area contributed by atoms with Gasteiger partial charge in [0.05, 0.1) is 5.92 Å². The fourth-order valence-corrected chi connectivity index (χ4v) is 3.77. The van der Waals surface area contributed by atoms with Crippen LogP contribution in [0.15, 0.2) is 47.1 Å². The van der Waals surface area contributed by atoms with E-state index in [1.54, 1.807) is 6.08 Å². The van der Waals surface area contributed by atoms with E-state index in [4.69, 9.17) is 23.7 Å². The van der Waals surface area contributed by atoms with Crippen molar-refractivity contribution in [2.45, 2.75) is 59.2 Å². The molecule has 1 saturated heterocycles. The van der Waals surface area contributed by atoms with Crippen LogP contribution < -0.4 is 0 Å². The van der Waals surface area contributed by atoms with E-state index < -0.39 is 48.0 Å². The molecule has 0 bridgehead atoms. The third-order valence-electron chi connectivity index (χ3n) is 5.60. The first-order valence-corrected chi connectivity index (χ1v) is 11.5. The van der Waals surface area contributed by atoms with E-state index in [9.17, 15) is 24.0 Å². The molecule has 0 unspecified atom stereocenters. The molecule has 2 aliphatic rings. The zero-order valence-electron chi connectivity index (χ0n) is 21.0. The molecule has 1 aliphatic heterocycles. The molecule has 196 valence electrons. The van der Waals surface area contributed by atoms with Crippen LogP contribution in [0, 0.1) is 5.92 Å². The van der Waals surface area contributed by atoms with Crippen LogP contribution in [-0.2, 0) is 47.7 Å². The number of allylic oxidation sites excluding steroid dienone is 1. The summed E-state index contributed by atoms with van der Waals surface area (Å²) in [5.74, 6) is -3.44. The van der Waals surface area contributed by atoms with Crippen molar-refractivity contribution < 1.29 is 47.7 Å². The highest BCUT2D eigenvalue weighted by molar-refractivity contribution is 5.92. The molecule has 0 aromatic carbocycles. The molecule has 0 aromatic rings. The molecule has 10 nitrogen and oxygen atoms in total. The van der Waals surface area contributed by atoms with E-state index in [1.165, 1.54) is 33.8 Å². The van der Waals surface area contributed by atoms with E-state index in [-0.39, 0.29) is 37.4 Å². The molecule has 0 radical (unpaired) electrons. The van der Waals surface area contributed by atoms with Gasteiger partial charge in [0.2, 0.25) is 0 Å². The zero-order valence-corrected chi connectivity index (χ0v) is 21.0. The van der Waals surface area contributed by atoms with Gasteiger partial charge in [-0.15, -0.1) is 0 Å². The predicted octanol–water partition coefficient (Wildman–Crippen LogP) is 2.67. The minimum Gasteiger partial charge on any atom is -0.462 e. The summed E-state index contributed by atoms with van der Waals surface area (Å²) in [6, 6.07) is 0. The molecule has 1 fully saturated rings. The number of carbonyl (C=O) groups excluding carboxylic acids is 5.